The number of likely N-dealkylation sites (tertiary alicyclic amines) is 1. The molecule has 150 valence electrons. The molecule has 1 atom stereocenters. The van der Waals surface area contributed by atoms with E-state index in [0.29, 0.717) is 33.7 Å². The van der Waals surface area contributed by atoms with Gasteiger partial charge in [0.05, 0.1) is 21.4 Å². The summed E-state index contributed by atoms with van der Waals surface area (Å²) in [5.41, 5.74) is 0.384. The minimum absolute atomic E-state index is 0.0241. The quantitative estimate of drug-likeness (QED) is 0.758. The maximum absolute atomic E-state index is 13.0. The number of para-hydroxylation sites is 1. The van der Waals surface area contributed by atoms with Gasteiger partial charge < -0.3 is 15.0 Å². The highest BCUT2D eigenvalue weighted by molar-refractivity contribution is 7.18. The number of carbonyl (C=O) groups is 2. The Morgan fingerprint density at radius 2 is 2.00 bits per heavy atom. The second-order valence-electron chi connectivity index (χ2n) is 8.04. The van der Waals surface area contributed by atoms with Crippen LogP contribution in [0.25, 0.3) is 0 Å². The number of anilines is 1. The van der Waals surface area contributed by atoms with Crippen LogP contribution in [0.1, 0.15) is 42.4 Å². The molecule has 1 aliphatic heterocycles. The van der Waals surface area contributed by atoms with Crippen LogP contribution in [0.2, 0.25) is 5.02 Å². The van der Waals surface area contributed by atoms with Crippen LogP contribution >= 0.6 is 22.9 Å². The maximum atomic E-state index is 13.0. The summed E-state index contributed by atoms with van der Waals surface area (Å²) in [5, 5.41) is 4.17. The molecule has 0 radical (unpaired) electrons. The summed E-state index contributed by atoms with van der Waals surface area (Å²) in [6.07, 6.45) is 0.679. The molecule has 3 rings (SSSR count). The number of rotatable bonds is 4. The number of aryl methyl sites for hydroxylation is 1. The molecule has 28 heavy (non-hydrogen) atoms. The minimum atomic E-state index is -0.486. The molecule has 5 nitrogen and oxygen atoms in total. The van der Waals surface area contributed by atoms with Gasteiger partial charge >= 0.3 is 0 Å². The normalized spacial score (nSPS) is 16.9. The first-order valence-corrected chi connectivity index (χ1v) is 10.5. The summed E-state index contributed by atoms with van der Waals surface area (Å²) in [5.74, 6) is 0.550. The van der Waals surface area contributed by atoms with E-state index >= 15 is 0 Å². The molecule has 0 saturated carbocycles. The van der Waals surface area contributed by atoms with Crippen LogP contribution in [0.5, 0.6) is 5.75 Å². The number of amides is 2. The van der Waals surface area contributed by atoms with Crippen molar-refractivity contribution in [1.29, 1.82) is 0 Å². The summed E-state index contributed by atoms with van der Waals surface area (Å²) in [7, 11) is 0. The SMILES string of the molecule is Cc1cc(NC(=O)C(C)(C)C)sc1C(=O)N1CC[C@H](Oc2ccccc2Cl)C1. The van der Waals surface area contributed by atoms with Gasteiger partial charge in [0.25, 0.3) is 5.91 Å². The zero-order chi connectivity index (χ0) is 20.5. The van der Waals surface area contributed by atoms with Crippen LogP contribution in [0, 0.1) is 12.3 Å². The van der Waals surface area contributed by atoms with Crippen molar-refractivity contribution in [2.45, 2.75) is 40.2 Å². The van der Waals surface area contributed by atoms with Crippen LogP contribution in [0.4, 0.5) is 5.00 Å². The third-order valence-corrected chi connectivity index (χ3v) is 6.05. The van der Waals surface area contributed by atoms with E-state index in [9.17, 15) is 9.59 Å². The van der Waals surface area contributed by atoms with E-state index in [0.717, 1.165) is 12.0 Å². The molecule has 0 aliphatic carbocycles. The average molecular weight is 421 g/mol. The number of benzene rings is 1. The molecule has 1 fully saturated rings. The van der Waals surface area contributed by atoms with Gasteiger partial charge in [-0.05, 0) is 30.7 Å². The van der Waals surface area contributed by atoms with Gasteiger partial charge in [-0.15, -0.1) is 11.3 Å². The van der Waals surface area contributed by atoms with Gasteiger partial charge in [0.2, 0.25) is 5.91 Å². The van der Waals surface area contributed by atoms with Gasteiger partial charge in [-0.25, -0.2) is 0 Å². The second kappa shape index (κ2) is 8.13. The lowest BCUT2D eigenvalue weighted by atomic mass is 9.96. The van der Waals surface area contributed by atoms with E-state index < -0.39 is 5.41 Å². The fourth-order valence-electron chi connectivity index (χ4n) is 2.93. The second-order valence-corrected chi connectivity index (χ2v) is 9.50. The first kappa shape index (κ1) is 20.7. The fraction of sp³-hybridized carbons (Fsp3) is 0.429. The number of nitrogens with zero attached hydrogens (tertiary/aromatic N) is 1. The molecule has 0 bridgehead atoms. The van der Waals surface area contributed by atoms with E-state index in [-0.39, 0.29) is 17.9 Å². The third kappa shape index (κ3) is 4.67. The van der Waals surface area contributed by atoms with Crippen molar-refractivity contribution in [3.8, 4) is 5.75 Å². The molecule has 2 amide bonds. The van der Waals surface area contributed by atoms with Crippen LogP contribution < -0.4 is 10.1 Å². The molecular weight excluding hydrogens is 396 g/mol. The lowest BCUT2D eigenvalue weighted by Crippen LogP contribution is -2.30. The van der Waals surface area contributed by atoms with E-state index in [1.54, 1.807) is 11.0 Å². The molecular formula is C21H25ClN2O3S. The molecule has 1 N–H and O–H groups in total. The number of halogens is 1. The summed E-state index contributed by atoms with van der Waals surface area (Å²) in [6.45, 7) is 8.62. The lowest BCUT2D eigenvalue weighted by Gasteiger charge is -2.17. The van der Waals surface area contributed by atoms with Gasteiger partial charge in [-0.3, -0.25) is 9.59 Å². The Balaban J connectivity index is 1.65. The molecule has 0 unspecified atom stereocenters. The molecule has 0 spiro atoms. The van der Waals surface area contributed by atoms with Gasteiger partial charge in [0, 0.05) is 18.4 Å². The molecule has 2 heterocycles. The van der Waals surface area contributed by atoms with Crippen LogP contribution in [-0.4, -0.2) is 35.9 Å². The van der Waals surface area contributed by atoms with E-state index in [1.807, 2.05) is 52.0 Å². The molecule has 1 aliphatic rings. The van der Waals surface area contributed by atoms with Crippen LogP contribution in [-0.2, 0) is 4.79 Å². The highest BCUT2D eigenvalue weighted by Crippen LogP contribution is 2.31. The first-order valence-electron chi connectivity index (χ1n) is 9.27. The number of hydrogen-bond acceptors (Lipinski definition) is 4. The van der Waals surface area contributed by atoms with Gasteiger partial charge in [-0.2, -0.15) is 0 Å². The Bertz CT molecular complexity index is 888. The Hall–Kier alpha value is -2.05. The van der Waals surface area contributed by atoms with Crippen molar-refractivity contribution in [2.24, 2.45) is 5.41 Å². The minimum Gasteiger partial charge on any atom is -0.487 e. The Kier molecular flexibility index (Phi) is 6.01. The van der Waals surface area contributed by atoms with Crippen molar-refractivity contribution >= 4 is 39.8 Å². The number of nitrogens with one attached hydrogen (secondary N) is 1. The van der Waals surface area contributed by atoms with E-state index in [4.69, 9.17) is 16.3 Å². The van der Waals surface area contributed by atoms with E-state index in [2.05, 4.69) is 5.32 Å². The summed E-state index contributed by atoms with van der Waals surface area (Å²) >= 11 is 7.48. The zero-order valence-corrected chi connectivity index (χ0v) is 18.1. The summed E-state index contributed by atoms with van der Waals surface area (Å²) in [4.78, 5) is 27.6. The highest BCUT2D eigenvalue weighted by atomic mass is 35.5. The van der Waals surface area contributed by atoms with Crippen LogP contribution in [0.15, 0.2) is 30.3 Å². The number of carbonyl (C=O) groups excluding carboxylic acids is 2. The van der Waals surface area contributed by atoms with Crippen LogP contribution in [0.3, 0.4) is 0 Å². The number of ether oxygens (including phenoxy) is 1. The predicted molar refractivity (Wildman–Crippen MR) is 114 cm³/mol. The van der Waals surface area contributed by atoms with Crippen molar-refractivity contribution in [3.63, 3.8) is 0 Å². The monoisotopic (exact) mass is 420 g/mol. The largest absolute Gasteiger partial charge is 0.487 e. The molecule has 2 aromatic rings. The predicted octanol–water partition coefficient (Wildman–Crippen LogP) is 4.99. The van der Waals surface area contributed by atoms with Crippen molar-refractivity contribution in [3.05, 3.63) is 45.8 Å². The summed E-state index contributed by atoms with van der Waals surface area (Å²) in [6, 6.07) is 9.21. The topological polar surface area (TPSA) is 58.6 Å². The fourth-order valence-corrected chi connectivity index (χ4v) is 4.14. The highest BCUT2D eigenvalue weighted by Gasteiger charge is 2.31. The Morgan fingerprint density at radius 3 is 2.68 bits per heavy atom. The van der Waals surface area contributed by atoms with E-state index in [1.165, 1.54) is 11.3 Å². The third-order valence-electron chi connectivity index (χ3n) is 4.59. The molecule has 1 aromatic heterocycles. The van der Waals surface area contributed by atoms with Gasteiger partial charge in [0.1, 0.15) is 11.9 Å². The van der Waals surface area contributed by atoms with Crippen molar-refractivity contribution < 1.29 is 14.3 Å². The molecule has 1 saturated heterocycles. The maximum Gasteiger partial charge on any atom is 0.264 e. The molecule has 7 heteroatoms. The lowest BCUT2D eigenvalue weighted by molar-refractivity contribution is -0.123. The molecule has 1 aromatic carbocycles. The van der Waals surface area contributed by atoms with Gasteiger partial charge in [-0.1, -0.05) is 44.5 Å². The van der Waals surface area contributed by atoms with Crippen molar-refractivity contribution in [1.82, 2.24) is 4.90 Å². The number of hydrogen-bond donors (Lipinski definition) is 1. The first-order chi connectivity index (χ1) is 13.1. The number of thiophene rings is 1. The average Bonchev–Trinajstić information content (AvgIpc) is 3.22. The smallest absolute Gasteiger partial charge is 0.264 e. The van der Waals surface area contributed by atoms with Gasteiger partial charge in [0.15, 0.2) is 0 Å². The Morgan fingerprint density at radius 1 is 1.29 bits per heavy atom. The summed E-state index contributed by atoms with van der Waals surface area (Å²) < 4.78 is 5.97. The standard InChI is InChI=1S/C21H25ClN2O3S/c1-13-11-17(23-20(26)21(2,3)4)28-18(13)19(25)24-10-9-14(12-24)27-16-8-6-5-7-15(16)22/h5-8,11,14H,9-10,12H2,1-4H3,(H,23,26)/t14-/m0/s1. The van der Waals surface area contributed by atoms with Crippen molar-refractivity contribution in [2.75, 3.05) is 18.4 Å². The Labute approximate surface area is 174 Å². The zero-order valence-electron chi connectivity index (χ0n) is 16.5.